The molecule has 1 heteroatoms. The predicted octanol–water partition coefficient (Wildman–Crippen LogP) is 4.85. The van der Waals surface area contributed by atoms with Crippen molar-refractivity contribution in [2.75, 3.05) is 0 Å². The monoisotopic (exact) mass is 265 g/mol. The first kappa shape index (κ1) is 15.4. The van der Waals surface area contributed by atoms with Crippen molar-refractivity contribution in [2.24, 2.45) is 40.7 Å². The van der Waals surface area contributed by atoms with Crippen LogP contribution in [0.4, 0.5) is 0 Å². The Morgan fingerprint density at radius 2 is 1.53 bits per heavy atom. The smallest absolute Gasteiger partial charge is 0.00749 e. The van der Waals surface area contributed by atoms with Crippen molar-refractivity contribution < 1.29 is 0 Å². The second-order valence-corrected chi connectivity index (χ2v) is 8.47. The van der Waals surface area contributed by atoms with Crippen LogP contribution in [-0.2, 0) is 0 Å². The molecule has 0 aliphatic heterocycles. The van der Waals surface area contributed by atoms with Crippen molar-refractivity contribution >= 4 is 0 Å². The van der Waals surface area contributed by atoms with Crippen LogP contribution in [0.15, 0.2) is 0 Å². The maximum Gasteiger partial charge on any atom is 0.00749 e. The summed E-state index contributed by atoms with van der Waals surface area (Å²) in [4.78, 5) is 0. The van der Waals surface area contributed by atoms with Crippen LogP contribution < -0.4 is 5.73 Å². The third-order valence-corrected chi connectivity index (χ3v) is 6.77. The maximum atomic E-state index is 6.52. The lowest BCUT2D eigenvalue weighted by Crippen LogP contribution is -2.48. The van der Waals surface area contributed by atoms with E-state index in [0.717, 1.165) is 29.6 Å². The van der Waals surface area contributed by atoms with Crippen LogP contribution in [0.25, 0.3) is 0 Å². The number of hydrogen-bond donors (Lipinski definition) is 1. The molecule has 0 aromatic rings. The number of hydrogen-bond acceptors (Lipinski definition) is 1. The fourth-order valence-corrected chi connectivity index (χ4v) is 4.87. The second-order valence-electron chi connectivity index (χ2n) is 8.47. The second kappa shape index (κ2) is 5.76. The molecule has 6 atom stereocenters. The first-order valence-corrected chi connectivity index (χ1v) is 8.58. The molecule has 112 valence electrons. The Labute approximate surface area is 120 Å². The molecule has 2 aliphatic carbocycles. The average Bonchev–Trinajstić information content (AvgIpc) is 2.32. The number of rotatable bonds is 2. The van der Waals surface area contributed by atoms with E-state index in [1.807, 2.05) is 0 Å². The minimum absolute atomic E-state index is 0.438. The summed E-state index contributed by atoms with van der Waals surface area (Å²) < 4.78 is 0. The van der Waals surface area contributed by atoms with Gasteiger partial charge in [0.1, 0.15) is 0 Å². The van der Waals surface area contributed by atoms with Gasteiger partial charge in [-0.2, -0.15) is 0 Å². The van der Waals surface area contributed by atoms with Gasteiger partial charge in [-0.15, -0.1) is 0 Å². The van der Waals surface area contributed by atoms with Crippen LogP contribution in [0.2, 0.25) is 0 Å². The van der Waals surface area contributed by atoms with Crippen LogP contribution in [0.3, 0.4) is 0 Å². The van der Waals surface area contributed by atoms with Crippen LogP contribution in [0.5, 0.6) is 0 Å². The zero-order valence-corrected chi connectivity index (χ0v) is 13.8. The molecule has 0 radical (unpaired) electrons. The summed E-state index contributed by atoms with van der Waals surface area (Å²) in [6.45, 7) is 12.3. The van der Waals surface area contributed by atoms with E-state index in [1.54, 1.807) is 0 Å². The van der Waals surface area contributed by atoms with E-state index in [0.29, 0.717) is 11.5 Å². The van der Waals surface area contributed by atoms with Gasteiger partial charge in [-0.3, -0.25) is 0 Å². The maximum absolute atomic E-state index is 6.52. The van der Waals surface area contributed by atoms with Crippen LogP contribution in [0, 0.1) is 35.0 Å². The molecule has 0 saturated heterocycles. The summed E-state index contributed by atoms with van der Waals surface area (Å²) in [7, 11) is 0. The van der Waals surface area contributed by atoms with E-state index in [4.69, 9.17) is 5.73 Å². The van der Waals surface area contributed by atoms with Gasteiger partial charge in [-0.1, -0.05) is 47.5 Å². The Morgan fingerprint density at radius 3 is 2.11 bits per heavy atom. The Balaban J connectivity index is 2.04. The molecular formula is C18H35N. The molecule has 19 heavy (non-hydrogen) atoms. The molecule has 0 amide bonds. The van der Waals surface area contributed by atoms with E-state index in [9.17, 15) is 0 Å². The molecule has 0 aromatic heterocycles. The molecule has 0 aromatic carbocycles. The SMILES string of the molecule is CC1CCC(C(C)(C)C2CCC(C)C(C)C2)C(N)C1. The standard InChI is InChI=1S/C18H35N/c1-12-6-9-16(17(19)10-12)18(4,5)15-8-7-13(2)14(3)11-15/h12-17H,6-11,19H2,1-5H3. The van der Waals surface area contributed by atoms with Crippen LogP contribution >= 0.6 is 0 Å². The van der Waals surface area contributed by atoms with Gasteiger partial charge in [0.25, 0.3) is 0 Å². The largest absolute Gasteiger partial charge is 0.327 e. The average molecular weight is 265 g/mol. The molecule has 2 N–H and O–H groups in total. The lowest BCUT2D eigenvalue weighted by Gasteiger charge is -2.50. The van der Waals surface area contributed by atoms with Gasteiger partial charge in [0.2, 0.25) is 0 Å². The first-order chi connectivity index (χ1) is 8.82. The Bertz CT molecular complexity index is 296. The van der Waals surface area contributed by atoms with E-state index < -0.39 is 0 Å². The van der Waals surface area contributed by atoms with E-state index in [1.165, 1.54) is 38.5 Å². The predicted molar refractivity (Wildman–Crippen MR) is 83.9 cm³/mol. The molecule has 2 aliphatic rings. The highest BCUT2D eigenvalue weighted by atomic mass is 14.7. The molecule has 2 rings (SSSR count). The highest BCUT2D eigenvalue weighted by Crippen LogP contribution is 2.50. The summed E-state index contributed by atoms with van der Waals surface area (Å²) in [5.41, 5.74) is 6.96. The Morgan fingerprint density at radius 1 is 0.842 bits per heavy atom. The normalized spacial score (nSPS) is 45.2. The van der Waals surface area contributed by atoms with Crippen molar-refractivity contribution in [3.05, 3.63) is 0 Å². The lowest BCUT2D eigenvalue weighted by molar-refractivity contribution is 0.0151. The summed E-state index contributed by atoms with van der Waals surface area (Å²) in [6.07, 6.45) is 8.26. The molecule has 0 bridgehead atoms. The van der Waals surface area contributed by atoms with Crippen molar-refractivity contribution in [3.8, 4) is 0 Å². The third-order valence-electron chi connectivity index (χ3n) is 6.77. The summed E-state index contributed by atoms with van der Waals surface area (Å²) in [5.74, 6) is 4.30. The van der Waals surface area contributed by atoms with Crippen LogP contribution in [0.1, 0.15) is 73.1 Å². The highest BCUT2D eigenvalue weighted by Gasteiger charge is 2.43. The molecule has 1 nitrogen and oxygen atoms in total. The van der Waals surface area contributed by atoms with Crippen molar-refractivity contribution in [1.82, 2.24) is 0 Å². The molecule has 2 saturated carbocycles. The number of nitrogens with two attached hydrogens (primary N) is 1. The van der Waals surface area contributed by atoms with Gasteiger partial charge in [0.05, 0.1) is 0 Å². The Kier molecular flexibility index (Phi) is 4.65. The van der Waals surface area contributed by atoms with Gasteiger partial charge < -0.3 is 5.73 Å². The highest BCUT2D eigenvalue weighted by molar-refractivity contribution is 4.95. The quantitative estimate of drug-likeness (QED) is 0.759. The minimum Gasteiger partial charge on any atom is -0.327 e. The third kappa shape index (κ3) is 3.17. The van der Waals surface area contributed by atoms with E-state index >= 15 is 0 Å². The van der Waals surface area contributed by atoms with Crippen LogP contribution in [-0.4, -0.2) is 6.04 Å². The molecule has 0 heterocycles. The van der Waals surface area contributed by atoms with Crippen molar-refractivity contribution in [1.29, 1.82) is 0 Å². The fourth-order valence-electron chi connectivity index (χ4n) is 4.87. The first-order valence-electron chi connectivity index (χ1n) is 8.58. The summed E-state index contributed by atoms with van der Waals surface area (Å²) in [6, 6.07) is 0.438. The molecular weight excluding hydrogens is 230 g/mol. The van der Waals surface area contributed by atoms with Crippen molar-refractivity contribution in [3.63, 3.8) is 0 Å². The van der Waals surface area contributed by atoms with Gasteiger partial charge in [0.15, 0.2) is 0 Å². The van der Waals surface area contributed by atoms with Gasteiger partial charge in [-0.05, 0) is 60.7 Å². The topological polar surface area (TPSA) is 26.0 Å². The van der Waals surface area contributed by atoms with E-state index in [-0.39, 0.29) is 0 Å². The zero-order valence-electron chi connectivity index (χ0n) is 13.8. The minimum atomic E-state index is 0.438. The summed E-state index contributed by atoms with van der Waals surface area (Å²) in [5, 5.41) is 0. The zero-order chi connectivity index (χ0) is 14.2. The lowest BCUT2D eigenvalue weighted by atomic mass is 9.57. The van der Waals surface area contributed by atoms with Gasteiger partial charge >= 0.3 is 0 Å². The van der Waals surface area contributed by atoms with Gasteiger partial charge in [0, 0.05) is 6.04 Å². The Hall–Kier alpha value is -0.0400. The summed E-state index contributed by atoms with van der Waals surface area (Å²) >= 11 is 0. The molecule has 2 fully saturated rings. The van der Waals surface area contributed by atoms with Gasteiger partial charge in [-0.25, -0.2) is 0 Å². The van der Waals surface area contributed by atoms with E-state index in [2.05, 4.69) is 34.6 Å². The molecule has 0 spiro atoms. The fraction of sp³-hybridized carbons (Fsp3) is 1.00. The van der Waals surface area contributed by atoms with Crippen molar-refractivity contribution in [2.45, 2.75) is 79.2 Å². The molecule has 6 unspecified atom stereocenters.